The van der Waals surface area contributed by atoms with Crippen molar-refractivity contribution in [2.24, 2.45) is 0 Å². The zero-order chi connectivity index (χ0) is 20.7. The van der Waals surface area contributed by atoms with Crippen LogP contribution in [0.2, 0.25) is 0 Å². The maximum atomic E-state index is 12.6. The summed E-state index contributed by atoms with van der Waals surface area (Å²) in [4.78, 5) is 36.1. The van der Waals surface area contributed by atoms with Gasteiger partial charge in [-0.05, 0) is 36.4 Å². The van der Waals surface area contributed by atoms with Crippen molar-refractivity contribution in [3.05, 3.63) is 64.6 Å². The highest BCUT2D eigenvalue weighted by molar-refractivity contribution is 7.18. The van der Waals surface area contributed by atoms with Crippen LogP contribution in [0.15, 0.2) is 42.6 Å². The third-order valence-electron chi connectivity index (χ3n) is 4.79. The first kappa shape index (κ1) is 18.2. The normalized spacial score (nSPS) is 14.2. The highest BCUT2D eigenvalue weighted by Gasteiger charge is 2.28. The molecule has 3 aromatic heterocycles. The second kappa shape index (κ2) is 7.20. The SMILES string of the molecule is COc1ccc2nc(CNC(=O)c3cc4c(s3)NC(=O)/C4=C\c3ccc[nH]3)[nH]c2c1. The standard InChI is InChI=1S/C21H17N5O3S/c1-29-12-4-5-15-16(8-12)25-18(24-15)10-23-20(28)17-9-14-13(7-11-3-2-6-22-11)19(27)26-21(14)30-17/h2-9,22H,10H2,1H3,(H,23,28)(H,24,25)(H,26,27)/b13-7-. The van der Waals surface area contributed by atoms with Gasteiger partial charge in [0, 0.05) is 23.5 Å². The van der Waals surface area contributed by atoms with Crippen LogP contribution in [-0.4, -0.2) is 33.9 Å². The quantitative estimate of drug-likeness (QED) is 0.372. The van der Waals surface area contributed by atoms with Gasteiger partial charge in [-0.25, -0.2) is 4.98 Å². The van der Waals surface area contributed by atoms with Gasteiger partial charge in [0.15, 0.2) is 0 Å². The van der Waals surface area contributed by atoms with E-state index in [1.54, 1.807) is 25.4 Å². The summed E-state index contributed by atoms with van der Waals surface area (Å²) >= 11 is 1.25. The molecule has 0 fully saturated rings. The van der Waals surface area contributed by atoms with Crippen molar-refractivity contribution in [1.29, 1.82) is 0 Å². The molecule has 0 bridgehead atoms. The van der Waals surface area contributed by atoms with Crippen molar-refractivity contribution < 1.29 is 14.3 Å². The minimum Gasteiger partial charge on any atom is -0.497 e. The van der Waals surface area contributed by atoms with Gasteiger partial charge in [0.25, 0.3) is 11.8 Å². The summed E-state index contributed by atoms with van der Waals surface area (Å²) in [6.07, 6.45) is 3.57. The number of fused-ring (bicyclic) bond motifs is 2. The summed E-state index contributed by atoms with van der Waals surface area (Å²) in [6.45, 7) is 0.260. The van der Waals surface area contributed by atoms with Gasteiger partial charge in [0.05, 0.1) is 35.1 Å². The van der Waals surface area contributed by atoms with E-state index in [2.05, 4.69) is 25.6 Å². The molecule has 0 atom stereocenters. The molecule has 4 heterocycles. The van der Waals surface area contributed by atoms with Crippen LogP contribution >= 0.6 is 11.3 Å². The lowest BCUT2D eigenvalue weighted by atomic mass is 10.1. The fourth-order valence-corrected chi connectivity index (χ4v) is 4.31. The van der Waals surface area contributed by atoms with Crippen molar-refractivity contribution in [2.75, 3.05) is 12.4 Å². The van der Waals surface area contributed by atoms with E-state index < -0.39 is 0 Å². The Balaban J connectivity index is 1.32. The number of benzene rings is 1. The Kier molecular flexibility index (Phi) is 4.36. The zero-order valence-electron chi connectivity index (χ0n) is 15.9. The van der Waals surface area contributed by atoms with E-state index in [1.807, 2.05) is 30.3 Å². The Bertz CT molecular complexity index is 1300. The number of nitrogens with one attached hydrogen (secondary N) is 4. The number of aromatic amines is 2. The van der Waals surface area contributed by atoms with Crippen LogP contribution in [0, 0.1) is 0 Å². The first-order valence-electron chi connectivity index (χ1n) is 9.22. The van der Waals surface area contributed by atoms with Crippen LogP contribution in [0.5, 0.6) is 5.75 Å². The Hall–Kier alpha value is -3.85. The molecule has 0 spiro atoms. The molecule has 9 heteroatoms. The van der Waals surface area contributed by atoms with Crippen LogP contribution in [0.1, 0.15) is 26.8 Å². The fourth-order valence-electron chi connectivity index (χ4n) is 3.32. The van der Waals surface area contributed by atoms with Crippen molar-refractivity contribution >= 4 is 50.8 Å². The van der Waals surface area contributed by atoms with E-state index in [1.165, 1.54) is 11.3 Å². The summed E-state index contributed by atoms with van der Waals surface area (Å²) < 4.78 is 5.21. The van der Waals surface area contributed by atoms with Crippen LogP contribution in [-0.2, 0) is 11.3 Å². The number of methoxy groups -OCH3 is 1. The molecule has 1 aliphatic rings. The van der Waals surface area contributed by atoms with Crippen molar-refractivity contribution in [3.8, 4) is 5.75 Å². The van der Waals surface area contributed by atoms with Gasteiger partial charge in [-0.3, -0.25) is 9.59 Å². The first-order valence-corrected chi connectivity index (χ1v) is 10.0. The summed E-state index contributed by atoms with van der Waals surface area (Å²) in [5.41, 5.74) is 3.74. The number of carbonyl (C=O) groups is 2. The maximum absolute atomic E-state index is 12.6. The number of nitrogens with zero attached hydrogens (tertiary/aromatic N) is 1. The number of thiophene rings is 1. The Morgan fingerprint density at radius 1 is 1.30 bits per heavy atom. The average molecular weight is 419 g/mol. The van der Waals surface area contributed by atoms with Gasteiger partial charge in [0.1, 0.15) is 16.6 Å². The van der Waals surface area contributed by atoms with Gasteiger partial charge in [-0.2, -0.15) is 0 Å². The van der Waals surface area contributed by atoms with Gasteiger partial charge < -0.3 is 25.3 Å². The molecule has 0 aliphatic carbocycles. The number of aromatic nitrogens is 3. The minimum atomic E-state index is -0.221. The Morgan fingerprint density at radius 2 is 2.20 bits per heavy atom. The van der Waals surface area contributed by atoms with Crippen LogP contribution < -0.4 is 15.4 Å². The minimum absolute atomic E-state index is 0.171. The third kappa shape index (κ3) is 3.25. The predicted octanol–water partition coefficient (Wildman–Crippen LogP) is 3.38. The van der Waals surface area contributed by atoms with E-state index in [-0.39, 0.29) is 18.4 Å². The zero-order valence-corrected chi connectivity index (χ0v) is 16.7. The van der Waals surface area contributed by atoms with E-state index in [9.17, 15) is 9.59 Å². The molecule has 0 unspecified atom stereocenters. The number of amides is 2. The Morgan fingerprint density at radius 3 is 3.00 bits per heavy atom. The molecule has 0 saturated carbocycles. The first-order chi connectivity index (χ1) is 14.6. The second-order valence-corrected chi connectivity index (χ2v) is 7.79. The summed E-state index contributed by atoms with van der Waals surface area (Å²) in [7, 11) is 1.61. The van der Waals surface area contributed by atoms with E-state index in [4.69, 9.17) is 4.74 Å². The molecule has 8 nitrogen and oxygen atoms in total. The molecule has 150 valence electrons. The lowest BCUT2D eigenvalue weighted by Crippen LogP contribution is -2.22. The molecule has 4 N–H and O–H groups in total. The second-order valence-electron chi connectivity index (χ2n) is 6.74. The van der Waals surface area contributed by atoms with Crippen molar-refractivity contribution in [1.82, 2.24) is 20.3 Å². The van der Waals surface area contributed by atoms with E-state index in [0.717, 1.165) is 28.0 Å². The van der Waals surface area contributed by atoms with Crippen molar-refractivity contribution in [3.63, 3.8) is 0 Å². The molecular formula is C21H17N5O3S. The maximum Gasteiger partial charge on any atom is 0.261 e. The smallest absolute Gasteiger partial charge is 0.261 e. The van der Waals surface area contributed by atoms with E-state index >= 15 is 0 Å². The van der Waals surface area contributed by atoms with E-state index in [0.29, 0.717) is 21.3 Å². The number of rotatable bonds is 5. The molecule has 0 radical (unpaired) electrons. The molecule has 1 aliphatic heterocycles. The molecule has 1 aromatic carbocycles. The number of ether oxygens (including phenoxy) is 1. The topological polar surface area (TPSA) is 112 Å². The van der Waals surface area contributed by atoms with Crippen LogP contribution in [0.3, 0.4) is 0 Å². The lowest BCUT2D eigenvalue weighted by Gasteiger charge is -2.01. The predicted molar refractivity (Wildman–Crippen MR) is 115 cm³/mol. The van der Waals surface area contributed by atoms with Gasteiger partial charge in [-0.1, -0.05) is 0 Å². The largest absolute Gasteiger partial charge is 0.497 e. The molecule has 0 saturated heterocycles. The average Bonchev–Trinajstić information content (AvgIpc) is 3.51. The summed E-state index contributed by atoms with van der Waals surface area (Å²) in [5.74, 6) is 0.993. The van der Waals surface area contributed by atoms with Crippen LogP contribution in [0.4, 0.5) is 5.00 Å². The number of hydrogen-bond acceptors (Lipinski definition) is 5. The number of carbonyl (C=O) groups excluding carboxylic acids is 2. The highest BCUT2D eigenvalue weighted by Crippen LogP contribution is 2.39. The molecular weight excluding hydrogens is 402 g/mol. The molecule has 4 aromatic rings. The number of hydrogen-bond donors (Lipinski definition) is 4. The number of anilines is 1. The third-order valence-corrected chi connectivity index (χ3v) is 5.84. The fraction of sp³-hybridized carbons (Fsp3) is 0.0952. The van der Waals surface area contributed by atoms with Crippen molar-refractivity contribution in [2.45, 2.75) is 6.54 Å². The number of H-pyrrole nitrogens is 2. The summed E-state index contributed by atoms with van der Waals surface area (Å²) in [6, 6.07) is 11.0. The molecule has 2 amide bonds. The number of imidazole rings is 1. The molecule has 30 heavy (non-hydrogen) atoms. The van der Waals surface area contributed by atoms with Gasteiger partial charge in [0.2, 0.25) is 0 Å². The van der Waals surface area contributed by atoms with Crippen LogP contribution in [0.25, 0.3) is 22.7 Å². The summed E-state index contributed by atoms with van der Waals surface area (Å²) in [5, 5.41) is 6.38. The lowest BCUT2D eigenvalue weighted by molar-refractivity contribution is -0.110. The molecule has 5 rings (SSSR count). The van der Waals surface area contributed by atoms with Gasteiger partial charge >= 0.3 is 0 Å². The van der Waals surface area contributed by atoms with Gasteiger partial charge in [-0.15, -0.1) is 11.3 Å². The monoisotopic (exact) mass is 419 g/mol. The highest BCUT2D eigenvalue weighted by atomic mass is 32.1. The Labute approximate surface area is 175 Å².